The fraction of sp³-hybridized carbons (Fsp3) is 0.385. The zero-order valence-electron chi connectivity index (χ0n) is 16.3. The number of aryl methyl sites for hydroxylation is 3. The summed E-state index contributed by atoms with van der Waals surface area (Å²) in [6.07, 6.45) is 14.9. The predicted octanol–water partition coefficient (Wildman–Crippen LogP) is 6.27. The molecule has 0 atom stereocenters. The molecule has 27 heavy (non-hydrogen) atoms. The van der Waals surface area contributed by atoms with Crippen molar-refractivity contribution in [2.24, 2.45) is 0 Å². The first-order valence-corrected chi connectivity index (χ1v) is 10.5. The van der Waals surface area contributed by atoms with Gasteiger partial charge in [-0.2, -0.15) is 0 Å². The Labute approximate surface area is 163 Å². The standard InChI is InChI=1S/C26H30O/c1-3-9-20-15-18-11-5-6-12-19(18)17-24(20)25-22(10-4-2)16-21-13-7-8-14-23(21)26(25)27/h3-4,15-17,27H,1-2,5-14H2. The van der Waals surface area contributed by atoms with Crippen LogP contribution in [-0.4, -0.2) is 5.11 Å². The molecule has 0 amide bonds. The van der Waals surface area contributed by atoms with Crippen molar-refractivity contribution in [1.29, 1.82) is 0 Å². The van der Waals surface area contributed by atoms with Gasteiger partial charge in [0, 0.05) is 5.56 Å². The fourth-order valence-electron chi connectivity index (χ4n) is 4.95. The molecule has 2 aliphatic rings. The second kappa shape index (κ2) is 7.76. The minimum Gasteiger partial charge on any atom is -0.507 e. The summed E-state index contributed by atoms with van der Waals surface area (Å²) >= 11 is 0. The zero-order chi connectivity index (χ0) is 18.8. The molecule has 0 aliphatic heterocycles. The average Bonchev–Trinajstić information content (AvgIpc) is 2.69. The number of aromatic hydroxyl groups is 1. The molecule has 0 fully saturated rings. The van der Waals surface area contributed by atoms with Gasteiger partial charge in [0.05, 0.1) is 0 Å². The van der Waals surface area contributed by atoms with Gasteiger partial charge >= 0.3 is 0 Å². The van der Waals surface area contributed by atoms with Crippen LogP contribution in [0.2, 0.25) is 0 Å². The normalized spacial score (nSPS) is 15.7. The van der Waals surface area contributed by atoms with Crippen LogP contribution in [0.25, 0.3) is 11.1 Å². The molecule has 0 saturated heterocycles. The highest BCUT2D eigenvalue weighted by Gasteiger charge is 2.23. The molecule has 1 heteroatoms. The van der Waals surface area contributed by atoms with Gasteiger partial charge in [0.25, 0.3) is 0 Å². The summed E-state index contributed by atoms with van der Waals surface area (Å²) in [4.78, 5) is 0. The molecule has 1 N–H and O–H groups in total. The summed E-state index contributed by atoms with van der Waals surface area (Å²) < 4.78 is 0. The summed E-state index contributed by atoms with van der Waals surface area (Å²) in [5.41, 5.74) is 10.2. The van der Waals surface area contributed by atoms with Gasteiger partial charge in [-0.15, -0.1) is 13.2 Å². The van der Waals surface area contributed by atoms with Crippen molar-refractivity contribution in [3.05, 3.63) is 76.9 Å². The topological polar surface area (TPSA) is 20.2 Å². The van der Waals surface area contributed by atoms with Crippen LogP contribution in [-0.2, 0) is 38.5 Å². The number of hydrogen-bond donors (Lipinski definition) is 1. The second-order valence-corrected chi connectivity index (χ2v) is 8.07. The molecule has 0 spiro atoms. The van der Waals surface area contributed by atoms with Crippen LogP contribution >= 0.6 is 0 Å². The predicted molar refractivity (Wildman–Crippen MR) is 115 cm³/mol. The fourth-order valence-corrected chi connectivity index (χ4v) is 4.95. The Kier molecular flexibility index (Phi) is 5.20. The summed E-state index contributed by atoms with van der Waals surface area (Å²) in [5, 5.41) is 11.3. The molecule has 0 heterocycles. The van der Waals surface area contributed by atoms with E-state index in [1.807, 2.05) is 12.2 Å². The molecular weight excluding hydrogens is 328 g/mol. The first-order chi connectivity index (χ1) is 13.2. The molecule has 140 valence electrons. The third-order valence-corrected chi connectivity index (χ3v) is 6.27. The van der Waals surface area contributed by atoms with E-state index in [0.29, 0.717) is 5.75 Å². The van der Waals surface area contributed by atoms with E-state index in [2.05, 4.69) is 31.4 Å². The number of allylic oxidation sites excluding steroid dienone is 2. The number of fused-ring (bicyclic) bond motifs is 2. The number of hydrogen-bond acceptors (Lipinski definition) is 1. The van der Waals surface area contributed by atoms with Crippen LogP contribution in [0.4, 0.5) is 0 Å². The highest BCUT2D eigenvalue weighted by molar-refractivity contribution is 5.80. The molecule has 2 aliphatic carbocycles. The summed E-state index contributed by atoms with van der Waals surface area (Å²) in [5.74, 6) is 0.519. The minimum atomic E-state index is 0.519. The van der Waals surface area contributed by atoms with Gasteiger partial charge in [-0.1, -0.05) is 30.4 Å². The molecule has 0 aromatic heterocycles. The average molecular weight is 359 g/mol. The van der Waals surface area contributed by atoms with E-state index in [4.69, 9.17) is 0 Å². The molecule has 1 nitrogen and oxygen atoms in total. The van der Waals surface area contributed by atoms with Gasteiger partial charge in [-0.25, -0.2) is 0 Å². The van der Waals surface area contributed by atoms with Crippen LogP contribution in [0, 0.1) is 0 Å². The summed E-state index contributed by atoms with van der Waals surface area (Å²) in [6.45, 7) is 7.94. The zero-order valence-corrected chi connectivity index (χ0v) is 16.3. The Morgan fingerprint density at radius 2 is 1.30 bits per heavy atom. The molecule has 0 saturated carbocycles. The minimum absolute atomic E-state index is 0.519. The number of phenols is 1. The van der Waals surface area contributed by atoms with Crippen molar-refractivity contribution in [3.8, 4) is 16.9 Å². The largest absolute Gasteiger partial charge is 0.507 e. The van der Waals surface area contributed by atoms with Crippen molar-refractivity contribution in [2.45, 2.75) is 64.2 Å². The van der Waals surface area contributed by atoms with E-state index in [1.165, 1.54) is 71.0 Å². The first kappa shape index (κ1) is 18.1. The van der Waals surface area contributed by atoms with Crippen LogP contribution in [0.15, 0.2) is 43.5 Å². The molecule has 2 aromatic rings. The molecule has 0 unspecified atom stereocenters. The molecule has 0 bridgehead atoms. The van der Waals surface area contributed by atoms with E-state index in [1.54, 1.807) is 0 Å². The summed E-state index contributed by atoms with van der Waals surface area (Å²) in [7, 11) is 0. The highest BCUT2D eigenvalue weighted by Crippen LogP contribution is 2.43. The van der Waals surface area contributed by atoms with Crippen LogP contribution in [0.1, 0.15) is 59.1 Å². The quantitative estimate of drug-likeness (QED) is 0.624. The smallest absolute Gasteiger partial charge is 0.127 e. The Morgan fingerprint density at radius 3 is 2.00 bits per heavy atom. The van der Waals surface area contributed by atoms with Gasteiger partial charge in [0.15, 0.2) is 0 Å². The number of rotatable bonds is 5. The molecule has 2 aromatic carbocycles. The van der Waals surface area contributed by atoms with Crippen molar-refractivity contribution >= 4 is 0 Å². The molecule has 0 radical (unpaired) electrons. The van der Waals surface area contributed by atoms with Gasteiger partial charge in [0.1, 0.15) is 5.75 Å². The lowest BCUT2D eigenvalue weighted by molar-refractivity contribution is 0.463. The van der Waals surface area contributed by atoms with Crippen molar-refractivity contribution < 1.29 is 5.11 Å². The SMILES string of the molecule is C=CCc1cc2c(cc1-c1c(CC=C)cc3c(c1O)CCCC3)CCCC2. The first-order valence-electron chi connectivity index (χ1n) is 10.5. The van der Waals surface area contributed by atoms with Gasteiger partial charge in [-0.05, 0) is 103 Å². The van der Waals surface area contributed by atoms with E-state index < -0.39 is 0 Å². The van der Waals surface area contributed by atoms with Gasteiger partial charge in [-0.3, -0.25) is 0 Å². The van der Waals surface area contributed by atoms with Crippen molar-refractivity contribution in [3.63, 3.8) is 0 Å². The maximum Gasteiger partial charge on any atom is 0.127 e. The molecule has 4 rings (SSSR count). The monoisotopic (exact) mass is 358 g/mol. The van der Waals surface area contributed by atoms with Crippen molar-refractivity contribution in [2.75, 3.05) is 0 Å². The highest BCUT2D eigenvalue weighted by atomic mass is 16.3. The lowest BCUT2D eigenvalue weighted by Gasteiger charge is -2.25. The lowest BCUT2D eigenvalue weighted by Crippen LogP contribution is -2.08. The Bertz CT molecular complexity index is 888. The lowest BCUT2D eigenvalue weighted by atomic mass is 9.80. The van der Waals surface area contributed by atoms with Gasteiger partial charge in [0.2, 0.25) is 0 Å². The maximum absolute atomic E-state index is 11.3. The Morgan fingerprint density at radius 1 is 0.741 bits per heavy atom. The van der Waals surface area contributed by atoms with Crippen molar-refractivity contribution in [1.82, 2.24) is 0 Å². The molecular formula is C26H30O. The van der Waals surface area contributed by atoms with E-state index >= 15 is 0 Å². The van der Waals surface area contributed by atoms with Crippen LogP contribution < -0.4 is 0 Å². The van der Waals surface area contributed by atoms with Crippen LogP contribution in [0.3, 0.4) is 0 Å². The number of phenolic OH excluding ortho intramolecular Hbond substituents is 1. The second-order valence-electron chi connectivity index (χ2n) is 8.07. The van der Waals surface area contributed by atoms with Gasteiger partial charge < -0.3 is 5.11 Å². The van der Waals surface area contributed by atoms with Crippen LogP contribution in [0.5, 0.6) is 5.75 Å². The van der Waals surface area contributed by atoms with E-state index in [-0.39, 0.29) is 0 Å². The van der Waals surface area contributed by atoms with E-state index in [9.17, 15) is 5.11 Å². The maximum atomic E-state index is 11.3. The third kappa shape index (κ3) is 3.36. The summed E-state index contributed by atoms with van der Waals surface area (Å²) in [6, 6.07) is 7.08. The number of benzene rings is 2. The Hall–Kier alpha value is -2.28. The Balaban J connectivity index is 1.96. The van der Waals surface area contributed by atoms with E-state index in [0.717, 1.165) is 37.7 Å². The third-order valence-electron chi connectivity index (χ3n) is 6.27.